The molecule has 3 rings (SSSR count). The Bertz CT molecular complexity index is 711. The Hall–Kier alpha value is -2.56. The number of phenols is 1. The van der Waals surface area contributed by atoms with E-state index in [1.54, 1.807) is 27.4 Å². The number of aromatic hydroxyl groups is 1. The van der Waals surface area contributed by atoms with Crippen LogP contribution in [-0.2, 0) is 6.42 Å². The Balaban J connectivity index is 1.91. The van der Waals surface area contributed by atoms with Gasteiger partial charge >= 0.3 is 0 Å². The van der Waals surface area contributed by atoms with Gasteiger partial charge in [0.25, 0.3) is 0 Å². The molecule has 5 nitrogen and oxygen atoms in total. The lowest BCUT2D eigenvalue weighted by Gasteiger charge is -2.27. The molecule has 0 saturated carbocycles. The SMILES string of the molecule is COc1cc(O)c2c(c1)O[C@H](c1ccc(OC)c(OC)c1)CC2. The Morgan fingerprint density at radius 3 is 2.48 bits per heavy atom. The maximum Gasteiger partial charge on any atom is 0.161 e. The van der Waals surface area contributed by atoms with Gasteiger partial charge in [0.2, 0.25) is 0 Å². The standard InChI is InChI=1S/C18H20O5/c1-20-12-9-14(19)13-5-7-15(23-17(13)10-12)11-4-6-16(21-2)18(8-11)22-3/h4,6,8-10,15,19H,5,7H2,1-3H3/t15-/m0/s1. The van der Waals surface area contributed by atoms with Gasteiger partial charge in [-0.25, -0.2) is 0 Å². The van der Waals surface area contributed by atoms with E-state index in [0.29, 0.717) is 23.0 Å². The van der Waals surface area contributed by atoms with Crippen LogP contribution in [0.15, 0.2) is 30.3 Å². The van der Waals surface area contributed by atoms with Gasteiger partial charge in [-0.2, -0.15) is 0 Å². The molecule has 23 heavy (non-hydrogen) atoms. The summed E-state index contributed by atoms with van der Waals surface area (Å²) in [5.74, 6) is 2.81. The number of rotatable bonds is 4. The second-order valence-corrected chi connectivity index (χ2v) is 5.38. The lowest BCUT2D eigenvalue weighted by molar-refractivity contribution is 0.173. The molecule has 1 atom stereocenters. The zero-order valence-corrected chi connectivity index (χ0v) is 13.5. The Kier molecular flexibility index (Phi) is 4.19. The molecular weight excluding hydrogens is 296 g/mol. The number of methoxy groups -OCH3 is 3. The highest BCUT2D eigenvalue weighted by Gasteiger charge is 2.25. The monoisotopic (exact) mass is 316 g/mol. The van der Waals surface area contributed by atoms with Gasteiger partial charge in [0.1, 0.15) is 23.4 Å². The third kappa shape index (κ3) is 2.86. The third-order valence-electron chi connectivity index (χ3n) is 4.10. The number of ether oxygens (including phenoxy) is 4. The molecule has 0 amide bonds. The Morgan fingerprint density at radius 1 is 1.00 bits per heavy atom. The molecule has 0 aromatic heterocycles. The summed E-state index contributed by atoms with van der Waals surface area (Å²) in [6.45, 7) is 0. The van der Waals surface area contributed by atoms with Gasteiger partial charge in [-0.3, -0.25) is 0 Å². The van der Waals surface area contributed by atoms with Crippen LogP contribution in [0.4, 0.5) is 0 Å². The van der Waals surface area contributed by atoms with Crippen LogP contribution < -0.4 is 18.9 Å². The summed E-state index contributed by atoms with van der Waals surface area (Å²) < 4.78 is 21.9. The number of phenolic OH excluding ortho intramolecular Hbond substituents is 1. The molecule has 1 aliphatic rings. The fourth-order valence-corrected chi connectivity index (χ4v) is 2.86. The molecule has 0 saturated heterocycles. The van der Waals surface area contributed by atoms with Crippen LogP contribution in [0.2, 0.25) is 0 Å². The zero-order chi connectivity index (χ0) is 16.4. The molecular formula is C18H20O5. The Labute approximate surface area is 135 Å². The summed E-state index contributed by atoms with van der Waals surface area (Å²) in [6.07, 6.45) is 1.42. The fraction of sp³-hybridized carbons (Fsp3) is 0.333. The van der Waals surface area contributed by atoms with Gasteiger partial charge in [0.05, 0.1) is 21.3 Å². The fourth-order valence-electron chi connectivity index (χ4n) is 2.86. The largest absolute Gasteiger partial charge is 0.507 e. The first kappa shape index (κ1) is 15.3. The van der Waals surface area contributed by atoms with Gasteiger partial charge in [-0.05, 0) is 30.5 Å². The van der Waals surface area contributed by atoms with Crippen LogP contribution >= 0.6 is 0 Å². The quantitative estimate of drug-likeness (QED) is 0.936. The van der Waals surface area contributed by atoms with E-state index in [9.17, 15) is 5.11 Å². The van der Waals surface area contributed by atoms with E-state index in [-0.39, 0.29) is 11.9 Å². The van der Waals surface area contributed by atoms with Crippen molar-refractivity contribution in [2.45, 2.75) is 18.9 Å². The van der Waals surface area contributed by atoms with E-state index >= 15 is 0 Å². The van der Waals surface area contributed by atoms with Gasteiger partial charge < -0.3 is 24.1 Å². The summed E-state index contributed by atoms with van der Waals surface area (Å²) in [4.78, 5) is 0. The first-order valence-electron chi connectivity index (χ1n) is 7.44. The molecule has 2 aromatic carbocycles. The van der Waals surface area contributed by atoms with Crippen molar-refractivity contribution in [2.24, 2.45) is 0 Å². The first-order chi connectivity index (χ1) is 11.2. The van der Waals surface area contributed by atoms with Crippen molar-refractivity contribution in [3.05, 3.63) is 41.5 Å². The van der Waals surface area contributed by atoms with E-state index in [1.165, 1.54) is 0 Å². The van der Waals surface area contributed by atoms with Crippen LogP contribution in [0, 0.1) is 0 Å². The van der Waals surface area contributed by atoms with Gasteiger partial charge in [0.15, 0.2) is 11.5 Å². The molecule has 1 N–H and O–H groups in total. The predicted octanol–water partition coefficient (Wildman–Crippen LogP) is 3.48. The van der Waals surface area contributed by atoms with Crippen LogP contribution in [0.1, 0.15) is 23.7 Å². The van der Waals surface area contributed by atoms with Crippen molar-refractivity contribution in [1.29, 1.82) is 0 Å². The van der Waals surface area contributed by atoms with Crippen molar-refractivity contribution in [2.75, 3.05) is 21.3 Å². The average Bonchev–Trinajstić information content (AvgIpc) is 2.60. The maximum atomic E-state index is 10.1. The van der Waals surface area contributed by atoms with Gasteiger partial charge in [-0.15, -0.1) is 0 Å². The van der Waals surface area contributed by atoms with Crippen molar-refractivity contribution >= 4 is 0 Å². The molecule has 1 aliphatic heterocycles. The smallest absolute Gasteiger partial charge is 0.161 e. The molecule has 0 unspecified atom stereocenters. The van der Waals surface area contributed by atoms with E-state index in [0.717, 1.165) is 24.0 Å². The summed E-state index contributed by atoms with van der Waals surface area (Å²) in [5, 5.41) is 10.1. The topological polar surface area (TPSA) is 57.2 Å². The lowest BCUT2D eigenvalue weighted by atomic mass is 9.96. The maximum absolute atomic E-state index is 10.1. The molecule has 0 fully saturated rings. The molecule has 2 aromatic rings. The van der Waals surface area contributed by atoms with Crippen LogP contribution in [0.3, 0.4) is 0 Å². The minimum absolute atomic E-state index is 0.103. The highest BCUT2D eigenvalue weighted by atomic mass is 16.5. The molecule has 1 heterocycles. The predicted molar refractivity (Wildman–Crippen MR) is 85.9 cm³/mol. The zero-order valence-electron chi connectivity index (χ0n) is 13.5. The molecule has 0 aliphatic carbocycles. The minimum atomic E-state index is -0.103. The van der Waals surface area contributed by atoms with Crippen molar-refractivity contribution in [1.82, 2.24) is 0 Å². The van der Waals surface area contributed by atoms with Gasteiger partial charge in [0, 0.05) is 17.7 Å². The third-order valence-corrected chi connectivity index (χ3v) is 4.10. The minimum Gasteiger partial charge on any atom is -0.507 e. The summed E-state index contributed by atoms with van der Waals surface area (Å²) in [6, 6.07) is 9.18. The Morgan fingerprint density at radius 2 is 1.78 bits per heavy atom. The van der Waals surface area contributed by atoms with E-state index in [2.05, 4.69) is 0 Å². The van der Waals surface area contributed by atoms with Crippen LogP contribution in [0.5, 0.6) is 28.7 Å². The number of hydrogen-bond acceptors (Lipinski definition) is 5. The highest BCUT2D eigenvalue weighted by Crippen LogP contribution is 2.42. The van der Waals surface area contributed by atoms with E-state index < -0.39 is 0 Å². The molecule has 0 radical (unpaired) electrons. The van der Waals surface area contributed by atoms with Crippen LogP contribution in [-0.4, -0.2) is 26.4 Å². The molecule has 0 spiro atoms. The van der Waals surface area contributed by atoms with Gasteiger partial charge in [-0.1, -0.05) is 6.07 Å². The van der Waals surface area contributed by atoms with Crippen molar-refractivity contribution in [3.8, 4) is 28.7 Å². The lowest BCUT2D eigenvalue weighted by Crippen LogP contribution is -2.15. The van der Waals surface area contributed by atoms with Crippen molar-refractivity contribution in [3.63, 3.8) is 0 Å². The second-order valence-electron chi connectivity index (χ2n) is 5.38. The molecule has 0 bridgehead atoms. The molecule has 122 valence electrons. The summed E-state index contributed by atoms with van der Waals surface area (Å²) in [5.41, 5.74) is 1.83. The first-order valence-corrected chi connectivity index (χ1v) is 7.44. The van der Waals surface area contributed by atoms with E-state index in [4.69, 9.17) is 18.9 Å². The normalized spacial score (nSPS) is 16.2. The highest BCUT2D eigenvalue weighted by molar-refractivity contribution is 5.52. The van der Waals surface area contributed by atoms with Crippen LogP contribution in [0.25, 0.3) is 0 Å². The second kappa shape index (κ2) is 6.28. The number of fused-ring (bicyclic) bond motifs is 1. The summed E-state index contributed by atoms with van der Waals surface area (Å²) in [7, 11) is 4.79. The number of hydrogen-bond donors (Lipinski definition) is 1. The number of benzene rings is 2. The van der Waals surface area contributed by atoms with E-state index in [1.807, 2.05) is 24.3 Å². The average molecular weight is 316 g/mol. The molecule has 5 heteroatoms. The summed E-state index contributed by atoms with van der Waals surface area (Å²) >= 11 is 0. The van der Waals surface area contributed by atoms with Crippen molar-refractivity contribution < 1.29 is 24.1 Å².